The predicted octanol–water partition coefficient (Wildman–Crippen LogP) is 9.23. The van der Waals surface area contributed by atoms with Gasteiger partial charge < -0.3 is 48.4 Å². The summed E-state index contributed by atoms with van der Waals surface area (Å²) in [4.78, 5) is 86.7. The maximum Gasteiger partial charge on any atom is 0.498 e. The maximum atomic E-state index is 13.0. The third-order valence-corrected chi connectivity index (χ3v) is 15.3. The van der Waals surface area contributed by atoms with Crippen molar-refractivity contribution in [2.75, 3.05) is 52.4 Å². The largest absolute Gasteiger partial charge is 0.498 e. The molecule has 4 amide bonds. The van der Waals surface area contributed by atoms with Crippen molar-refractivity contribution in [3.05, 3.63) is 170 Å². The van der Waals surface area contributed by atoms with E-state index < -0.39 is 29.5 Å². The van der Waals surface area contributed by atoms with E-state index in [0.717, 1.165) is 38.6 Å². The van der Waals surface area contributed by atoms with Gasteiger partial charge in [-0.25, -0.2) is 19.0 Å². The number of para-hydroxylation sites is 2. The molecule has 0 radical (unpaired) electrons. The molecule has 20 nitrogen and oxygen atoms in total. The number of nitrogens with one attached hydrogen (secondary N) is 2. The minimum absolute atomic E-state index is 0.0567. The van der Waals surface area contributed by atoms with Crippen LogP contribution in [-0.2, 0) is 18.8 Å². The number of benzene rings is 4. The van der Waals surface area contributed by atoms with Gasteiger partial charge in [0.1, 0.15) is 11.2 Å². The van der Waals surface area contributed by atoms with E-state index in [1.165, 1.54) is 0 Å². The van der Waals surface area contributed by atoms with Gasteiger partial charge >= 0.3 is 19.3 Å². The van der Waals surface area contributed by atoms with Crippen molar-refractivity contribution in [3.8, 4) is 22.5 Å². The minimum atomic E-state index is -0.549. The van der Waals surface area contributed by atoms with Crippen molar-refractivity contribution in [2.45, 2.75) is 91.6 Å². The van der Waals surface area contributed by atoms with Gasteiger partial charge in [0, 0.05) is 104 Å². The van der Waals surface area contributed by atoms with Crippen molar-refractivity contribution >= 4 is 74.3 Å². The highest BCUT2D eigenvalue weighted by Gasteiger charge is 2.52. The van der Waals surface area contributed by atoms with Crippen LogP contribution in [0.25, 0.3) is 44.3 Å². The van der Waals surface area contributed by atoms with E-state index in [-0.39, 0.29) is 35.1 Å². The summed E-state index contributed by atoms with van der Waals surface area (Å²) in [5.41, 5.74) is 4.32. The Hall–Kier alpha value is -8.34. The van der Waals surface area contributed by atoms with Crippen molar-refractivity contribution in [2.24, 2.45) is 0 Å². The van der Waals surface area contributed by atoms with Crippen LogP contribution in [0.3, 0.4) is 0 Å². The standard InChI is InChI=1S/C28H29N5O4.C25H35BN4O5.C9H6BrNO/c1-28(2,3)37-27(36)32-14-12-31(13-15-32)26(35)19-8-10-22(11-9-19)33-18-21(17-29-33)23-16-20-6-4-5-7-24(20)30-25(23)34;1-23(2,3)33-22(32)29-14-12-28(13-15-29)21(31)18-8-10-20(11-9-18)30-17-19(16-27-30)26-34-24(4,5)25(6,7)35-26;10-7-5-6-3-1-2-4-8(6)11-9(7)12/h4-11,16-18H,12-15H2,1-3H3,(H,30,34);8-11,16-17H,12-15H2,1-7H3;1-5H,(H,11,12). The van der Waals surface area contributed by atoms with Crippen molar-refractivity contribution < 1.29 is 38.0 Å². The van der Waals surface area contributed by atoms with Gasteiger partial charge in [0.2, 0.25) is 0 Å². The van der Waals surface area contributed by atoms with Crippen LogP contribution in [-0.4, -0.2) is 155 Å². The molecule has 3 fully saturated rings. The van der Waals surface area contributed by atoms with Crippen LogP contribution in [0.2, 0.25) is 0 Å². The fourth-order valence-corrected chi connectivity index (χ4v) is 9.73. The number of fused-ring (bicyclic) bond motifs is 2. The Kier molecular flexibility index (Phi) is 17.6. The average molecular weight is 1210 g/mol. The Balaban J connectivity index is 0.000000168. The third kappa shape index (κ3) is 14.3. The van der Waals surface area contributed by atoms with Gasteiger partial charge in [-0.2, -0.15) is 10.2 Å². The molecule has 0 aliphatic carbocycles. The van der Waals surface area contributed by atoms with Crippen molar-refractivity contribution in [1.29, 1.82) is 0 Å². The Morgan fingerprint density at radius 2 is 0.952 bits per heavy atom. The van der Waals surface area contributed by atoms with E-state index in [1.54, 1.807) is 71.8 Å². The van der Waals surface area contributed by atoms with E-state index in [0.29, 0.717) is 79.1 Å². The lowest BCUT2D eigenvalue weighted by atomic mass is 9.82. The number of nitrogens with zero attached hydrogens (tertiary/aromatic N) is 8. The molecular formula is C62H70BBrN10O10. The van der Waals surface area contributed by atoms with Crippen LogP contribution in [0.5, 0.6) is 0 Å². The molecule has 438 valence electrons. The molecular weight excluding hydrogens is 1140 g/mol. The first-order valence-corrected chi connectivity index (χ1v) is 28.6. The van der Waals surface area contributed by atoms with Gasteiger partial charge in [-0.1, -0.05) is 36.4 Å². The second-order valence-corrected chi connectivity index (χ2v) is 24.6. The first-order valence-electron chi connectivity index (χ1n) is 27.8. The zero-order valence-corrected chi connectivity index (χ0v) is 50.6. The Morgan fingerprint density at radius 3 is 1.42 bits per heavy atom. The first kappa shape index (κ1) is 60.3. The quantitative estimate of drug-likeness (QED) is 0.149. The number of aromatic amines is 2. The Bertz CT molecular complexity index is 3790. The lowest BCUT2D eigenvalue weighted by molar-refractivity contribution is 0.00578. The molecule has 3 saturated heterocycles. The normalized spacial score (nSPS) is 15.9. The summed E-state index contributed by atoms with van der Waals surface area (Å²) >= 11 is 3.17. The molecule has 4 aromatic carbocycles. The second kappa shape index (κ2) is 24.5. The highest BCUT2D eigenvalue weighted by molar-refractivity contribution is 9.10. The fourth-order valence-electron chi connectivity index (χ4n) is 9.38. The second-order valence-electron chi connectivity index (χ2n) is 23.7. The maximum absolute atomic E-state index is 13.0. The minimum Gasteiger partial charge on any atom is -0.444 e. The lowest BCUT2D eigenvalue weighted by Crippen LogP contribution is -2.51. The molecule has 3 aliphatic rings. The molecule has 3 aliphatic heterocycles. The molecule has 0 bridgehead atoms. The lowest BCUT2D eigenvalue weighted by Gasteiger charge is -2.35. The molecule has 84 heavy (non-hydrogen) atoms. The summed E-state index contributed by atoms with van der Waals surface area (Å²) < 4.78 is 27.1. The topological polar surface area (TPSA) is 220 Å². The smallest absolute Gasteiger partial charge is 0.444 e. The molecule has 0 unspecified atom stereocenters. The number of amides is 4. The predicted molar refractivity (Wildman–Crippen MR) is 326 cm³/mol. The molecule has 22 heteroatoms. The molecule has 4 aromatic heterocycles. The molecule has 11 rings (SSSR count). The molecule has 2 N–H and O–H groups in total. The number of pyridine rings is 2. The van der Waals surface area contributed by atoms with E-state index >= 15 is 0 Å². The highest BCUT2D eigenvalue weighted by atomic mass is 79.9. The number of rotatable bonds is 6. The molecule has 8 aromatic rings. The Labute approximate surface area is 495 Å². The van der Waals surface area contributed by atoms with Gasteiger partial charge in [-0.3, -0.25) is 19.2 Å². The number of hydrogen-bond acceptors (Lipinski definition) is 12. The molecule has 0 atom stereocenters. The van der Waals surface area contributed by atoms with Gasteiger partial charge in [-0.15, -0.1) is 0 Å². The van der Waals surface area contributed by atoms with Crippen LogP contribution in [0, 0.1) is 0 Å². The molecule has 0 saturated carbocycles. The average Bonchev–Trinajstić information content (AvgIpc) is 3.02. The summed E-state index contributed by atoms with van der Waals surface area (Å²) in [7, 11) is -0.478. The van der Waals surface area contributed by atoms with Crippen LogP contribution in [0.1, 0.15) is 90.0 Å². The summed E-state index contributed by atoms with van der Waals surface area (Å²) in [6.07, 6.45) is 6.38. The number of ether oxygens (including phenoxy) is 2. The SMILES string of the molecule is CC(C)(C)OC(=O)N1CCN(C(=O)c2ccc(-n3cc(-c4cc5ccccc5[nH]c4=O)cn3)cc2)CC1.CC(C)(C)OC(=O)N1CCN(C(=O)c2ccc(-n3cc(B4OC(C)(C)C(C)(C)O4)cn3)cc2)CC1.O=c1[nH]c2ccccc2cc1Br. The van der Waals surface area contributed by atoms with Crippen LogP contribution < -0.4 is 16.6 Å². The zero-order valence-electron chi connectivity index (χ0n) is 49.0. The molecule has 0 spiro atoms. The summed E-state index contributed by atoms with van der Waals surface area (Å²) in [6.45, 7) is 22.7. The number of hydrogen-bond donors (Lipinski definition) is 2. The first-order chi connectivity index (χ1) is 39.7. The monoisotopic (exact) mass is 1200 g/mol. The third-order valence-electron chi connectivity index (χ3n) is 14.7. The number of aromatic nitrogens is 6. The van der Waals surface area contributed by atoms with Gasteiger partial charge in [-0.05, 0) is 169 Å². The van der Waals surface area contributed by atoms with E-state index in [4.69, 9.17) is 18.8 Å². The summed E-state index contributed by atoms with van der Waals surface area (Å²) in [6, 6.07) is 33.5. The van der Waals surface area contributed by atoms with Crippen LogP contribution >= 0.6 is 15.9 Å². The van der Waals surface area contributed by atoms with E-state index in [1.807, 2.05) is 160 Å². The summed E-state index contributed by atoms with van der Waals surface area (Å²) in [5, 5.41) is 10.8. The van der Waals surface area contributed by atoms with Crippen LogP contribution in [0.15, 0.2) is 148 Å². The number of piperazine rings is 2. The number of carbonyl (C=O) groups excluding carboxylic acids is 4. The molecule has 7 heterocycles. The number of halogens is 1. The van der Waals surface area contributed by atoms with Gasteiger partial charge in [0.25, 0.3) is 22.9 Å². The summed E-state index contributed by atoms with van der Waals surface area (Å²) in [5.74, 6) is -0.141. The fraction of sp³-hybridized carbons (Fsp3) is 0.355. The number of H-pyrrole nitrogens is 2. The zero-order chi connectivity index (χ0) is 60.3. The van der Waals surface area contributed by atoms with Gasteiger partial charge in [0.15, 0.2) is 0 Å². The Morgan fingerprint density at radius 1 is 0.548 bits per heavy atom. The van der Waals surface area contributed by atoms with E-state index in [2.05, 4.69) is 36.1 Å². The van der Waals surface area contributed by atoms with Crippen molar-refractivity contribution in [1.82, 2.24) is 49.1 Å². The van der Waals surface area contributed by atoms with Crippen molar-refractivity contribution in [3.63, 3.8) is 0 Å². The van der Waals surface area contributed by atoms with E-state index in [9.17, 15) is 28.8 Å². The highest BCUT2D eigenvalue weighted by Crippen LogP contribution is 2.36. The van der Waals surface area contributed by atoms with Crippen LogP contribution in [0.4, 0.5) is 9.59 Å². The number of carbonyl (C=O) groups is 4. The van der Waals surface area contributed by atoms with Gasteiger partial charge in [0.05, 0.1) is 38.8 Å².